The number of carbonyl (C=O) groups is 1. The van der Waals surface area contributed by atoms with Crippen molar-refractivity contribution in [3.05, 3.63) is 38.4 Å². The molecule has 106 valence electrons. The lowest BCUT2D eigenvalue weighted by Gasteiger charge is -2.18. The molecule has 1 heterocycles. The molecule has 1 aromatic heterocycles. The molecule has 20 heavy (non-hydrogen) atoms. The van der Waals surface area contributed by atoms with Crippen LogP contribution in [0.2, 0.25) is 5.02 Å². The first-order valence-electron chi connectivity index (χ1n) is 5.86. The van der Waals surface area contributed by atoms with Crippen LogP contribution in [0, 0.1) is 3.57 Å². The molecule has 0 aliphatic rings. The van der Waals surface area contributed by atoms with Crippen LogP contribution in [0.5, 0.6) is 0 Å². The maximum Gasteiger partial charge on any atom is 0.375 e. The maximum atomic E-state index is 11.1. The Kier molecular flexibility index (Phi) is 4.06. The Morgan fingerprint density at radius 3 is 2.55 bits per heavy atom. The van der Waals surface area contributed by atoms with Crippen molar-refractivity contribution in [1.82, 2.24) is 14.8 Å². The van der Waals surface area contributed by atoms with Gasteiger partial charge in [-0.25, -0.2) is 14.5 Å². The Morgan fingerprint density at radius 1 is 1.40 bits per heavy atom. The first kappa shape index (κ1) is 15.2. The lowest BCUT2D eigenvalue weighted by Crippen LogP contribution is -2.19. The molecule has 7 heteroatoms. The molecule has 0 saturated heterocycles. The molecule has 0 unspecified atom stereocenters. The lowest BCUT2D eigenvalue weighted by atomic mass is 9.95. The van der Waals surface area contributed by atoms with E-state index >= 15 is 0 Å². The zero-order valence-electron chi connectivity index (χ0n) is 11.2. The number of carboxylic acid groups (broad SMARTS) is 1. The van der Waals surface area contributed by atoms with Gasteiger partial charge in [-0.1, -0.05) is 32.4 Å². The summed E-state index contributed by atoms with van der Waals surface area (Å²) < 4.78 is 2.45. The highest BCUT2D eigenvalue weighted by atomic mass is 127. The van der Waals surface area contributed by atoms with Gasteiger partial charge in [-0.2, -0.15) is 0 Å². The summed E-state index contributed by atoms with van der Waals surface area (Å²) in [5, 5.41) is 13.8. The van der Waals surface area contributed by atoms with E-state index in [0.29, 0.717) is 10.8 Å². The Labute approximate surface area is 135 Å². The Balaban J connectivity index is 2.69. The zero-order chi connectivity index (χ0) is 15.1. The third-order valence-electron chi connectivity index (χ3n) is 2.61. The van der Waals surface area contributed by atoms with Crippen LogP contribution in [0.4, 0.5) is 0 Å². The first-order valence-corrected chi connectivity index (χ1v) is 7.32. The molecule has 0 saturated carbocycles. The second-order valence-corrected chi connectivity index (χ2v) is 6.92. The minimum Gasteiger partial charge on any atom is -0.475 e. The average molecular weight is 406 g/mol. The Hall–Kier alpha value is -1.15. The number of carboxylic acids is 1. The van der Waals surface area contributed by atoms with Gasteiger partial charge in [-0.15, -0.1) is 5.10 Å². The summed E-state index contributed by atoms with van der Waals surface area (Å²) in [6, 6.07) is 5.35. The van der Waals surface area contributed by atoms with Gasteiger partial charge in [-0.05, 0) is 40.8 Å². The van der Waals surface area contributed by atoms with Gasteiger partial charge in [0.05, 0.1) is 5.69 Å². The summed E-state index contributed by atoms with van der Waals surface area (Å²) in [7, 11) is 0. The summed E-state index contributed by atoms with van der Waals surface area (Å²) in [5.41, 5.74) is 0.434. The van der Waals surface area contributed by atoms with E-state index in [1.165, 1.54) is 0 Å². The largest absolute Gasteiger partial charge is 0.475 e. The SMILES string of the molecule is CC(C)(C)c1nc(C(=O)O)nn1-c1ccc(Cl)cc1I. The van der Waals surface area contributed by atoms with E-state index in [1.54, 1.807) is 22.9 Å². The summed E-state index contributed by atoms with van der Waals surface area (Å²) in [5.74, 6) is -0.756. The molecule has 2 rings (SSSR count). The molecule has 2 aromatic rings. The van der Waals surface area contributed by atoms with Crippen LogP contribution in [0.25, 0.3) is 5.69 Å². The second-order valence-electron chi connectivity index (χ2n) is 5.32. The number of aromatic carboxylic acids is 1. The highest BCUT2D eigenvalue weighted by molar-refractivity contribution is 14.1. The molecular formula is C13H13ClIN3O2. The Morgan fingerprint density at radius 2 is 2.05 bits per heavy atom. The topological polar surface area (TPSA) is 68.0 Å². The third kappa shape index (κ3) is 2.95. The van der Waals surface area contributed by atoms with Gasteiger partial charge in [0.15, 0.2) is 0 Å². The minimum atomic E-state index is -1.14. The molecule has 0 amide bonds. The first-order chi connectivity index (χ1) is 9.20. The zero-order valence-corrected chi connectivity index (χ0v) is 14.1. The van der Waals surface area contributed by atoms with Crippen molar-refractivity contribution in [3.8, 4) is 5.69 Å². The van der Waals surface area contributed by atoms with Gasteiger partial charge >= 0.3 is 5.97 Å². The van der Waals surface area contributed by atoms with Crippen LogP contribution in [0.1, 0.15) is 37.2 Å². The highest BCUT2D eigenvalue weighted by Crippen LogP contribution is 2.27. The van der Waals surface area contributed by atoms with Crippen molar-refractivity contribution >= 4 is 40.2 Å². The molecule has 0 radical (unpaired) electrons. The standard InChI is InChI=1S/C13H13ClIN3O2/c1-13(2,3)12-16-10(11(19)20)17-18(12)9-5-4-7(14)6-8(9)15/h4-6H,1-3H3,(H,19,20). The number of hydrogen-bond acceptors (Lipinski definition) is 3. The highest BCUT2D eigenvalue weighted by Gasteiger charge is 2.26. The smallest absolute Gasteiger partial charge is 0.375 e. The van der Waals surface area contributed by atoms with Gasteiger partial charge in [0.2, 0.25) is 0 Å². The monoisotopic (exact) mass is 405 g/mol. The molecule has 0 fully saturated rings. The number of rotatable bonds is 2. The van der Waals surface area contributed by atoms with E-state index in [2.05, 4.69) is 32.7 Å². The summed E-state index contributed by atoms with van der Waals surface area (Å²) in [6.07, 6.45) is 0. The van der Waals surface area contributed by atoms with Gasteiger partial charge in [0, 0.05) is 14.0 Å². The summed E-state index contributed by atoms with van der Waals surface area (Å²) in [6.45, 7) is 5.88. The molecule has 0 bridgehead atoms. The van der Waals surface area contributed by atoms with Crippen molar-refractivity contribution < 1.29 is 9.90 Å². The molecule has 0 aliphatic carbocycles. The predicted octanol–water partition coefficient (Wildman–Crippen LogP) is 3.52. The van der Waals surface area contributed by atoms with Crippen LogP contribution in [0.15, 0.2) is 18.2 Å². The Bertz CT molecular complexity index is 677. The van der Waals surface area contributed by atoms with E-state index in [0.717, 1.165) is 9.26 Å². The molecule has 0 atom stereocenters. The maximum absolute atomic E-state index is 11.1. The van der Waals surface area contributed by atoms with E-state index in [-0.39, 0.29) is 11.2 Å². The number of nitrogens with zero attached hydrogens (tertiary/aromatic N) is 3. The number of halogens is 2. The summed E-state index contributed by atoms with van der Waals surface area (Å²) in [4.78, 5) is 15.2. The van der Waals surface area contributed by atoms with Crippen molar-refractivity contribution in [2.75, 3.05) is 0 Å². The van der Waals surface area contributed by atoms with Crippen molar-refractivity contribution in [2.24, 2.45) is 0 Å². The van der Waals surface area contributed by atoms with Crippen molar-refractivity contribution in [2.45, 2.75) is 26.2 Å². The van der Waals surface area contributed by atoms with Gasteiger partial charge in [0.25, 0.3) is 5.82 Å². The van der Waals surface area contributed by atoms with Crippen molar-refractivity contribution in [1.29, 1.82) is 0 Å². The quantitative estimate of drug-likeness (QED) is 0.776. The molecule has 1 aromatic carbocycles. The number of aromatic nitrogens is 3. The third-order valence-corrected chi connectivity index (χ3v) is 3.71. The normalized spacial score (nSPS) is 11.7. The van der Waals surface area contributed by atoms with E-state index < -0.39 is 5.97 Å². The van der Waals surface area contributed by atoms with E-state index in [1.807, 2.05) is 20.8 Å². The average Bonchev–Trinajstić information content (AvgIpc) is 2.73. The number of hydrogen-bond donors (Lipinski definition) is 1. The fourth-order valence-electron chi connectivity index (χ4n) is 1.71. The fraction of sp³-hybridized carbons (Fsp3) is 0.308. The molecule has 0 aliphatic heterocycles. The second kappa shape index (κ2) is 5.33. The predicted molar refractivity (Wildman–Crippen MR) is 84.7 cm³/mol. The van der Waals surface area contributed by atoms with Gasteiger partial charge in [0.1, 0.15) is 5.82 Å². The van der Waals surface area contributed by atoms with Crippen LogP contribution in [-0.4, -0.2) is 25.8 Å². The van der Waals surface area contributed by atoms with E-state index in [9.17, 15) is 4.79 Å². The van der Waals surface area contributed by atoms with Crippen molar-refractivity contribution in [3.63, 3.8) is 0 Å². The molecule has 5 nitrogen and oxygen atoms in total. The van der Waals surface area contributed by atoms with Crippen LogP contribution >= 0.6 is 34.2 Å². The minimum absolute atomic E-state index is 0.208. The molecule has 0 spiro atoms. The molecular weight excluding hydrogens is 393 g/mol. The van der Waals surface area contributed by atoms with E-state index in [4.69, 9.17) is 16.7 Å². The molecule has 1 N–H and O–H groups in total. The van der Waals surface area contributed by atoms with Crippen LogP contribution in [-0.2, 0) is 5.41 Å². The van der Waals surface area contributed by atoms with Crippen LogP contribution in [0.3, 0.4) is 0 Å². The van der Waals surface area contributed by atoms with Crippen LogP contribution < -0.4 is 0 Å². The van der Waals surface area contributed by atoms with Gasteiger partial charge in [-0.3, -0.25) is 0 Å². The summed E-state index contributed by atoms with van der Waals surface area (Å²) >= 11 is 8.09. The fourth-order valence-corrected chi connectivity index (χ4v) is 2.81. The number of benzene rings is 1. The van der Waals surface area contributed by atoms with Gasteiger partial charge < -0.3 is 5.11 Å². The lowest BCUT2D eigenvalue weighted by molar-refractivity contribution is 0.0683.